The molecule has 0 aliphatic heterocycles. The third-order valence-corrected chi connectivity index (χ3v) is 2.38. The van der Waals surface area contributed by atoms with Gasteiger partial charge in [-0.05, 0) is 17.7 Å². The van der Waals surface area contributed by atoms with E-state index >= 15 is 0 Å². The molecule has 0 unspecified atom stereocenters. The number of benzene rings is 1. The minimum atomic E-state index is -4.29. The van der Waals surface area contributed by atoms with Gasteiger partial charge in [-0.3, -0.25) is 0 Å². The van der Waals surface area contributed by atoms with Crippen LogP contribution in [-0.4, -0.2) is 25.0 Å². The van der Waals surface area contributed by atoms with Crippen molar-refractivity contribution in [3.63, 3.8) is 0 Å². The molecular weight excluding hydrogens is 273 g/mol. The molecule has 18 heavy (non-hydrogen) atoms. The summed E-state index contributed by atoms with van der Waals surface area (Å²) in [4.78, 5) is 0. The minimum Gasteiger partial charge on any atom is -0.493 e. The number of halogens is 4. The summed E-state index contributed by atoms with van der Waals surface area (Å²) in [7, 11) is 1.34. The fraction of sp³-hybridized carbons (Fsp3) is 0.455. The van der Waals surface area contributed by atoms with Gasteiger partial charge in [0, 0.05) is 0 Å². The normalized spacial score (nSPS) is 11.4. The molecule has 0 amide bonds. The summed E-state index contributed by atoms with van der Waals surface area (Å²) >= 11 is 5.84. The van der Waals surface area contributed by atoms with Crippen LogP contribution in [0.2, 0.25) is 5.02 Å². The summed E-state index contributed by atoms with van der Waals surface area (Å²) in [5.41, 5.74) is 0.486. The largest absolute Gasteiger partial charge is 0.493 e. The first-order valence-electron chi connectivity index (χ1n) is 5.04. The van der Waals surface area contributed by atoms with Gasteiger partial charge in [-0.25, -0.2) is 0 Å². The molecule has 0 aliphatic carbocycles. The second-order valence-corrected chi connectivity index (χ2v) is 3.89. The number of hydrogen-bond donors (Lipinski definition) is 1. The first-order chi connectivity index (χ1) is 8.37. The smallest absolute Gasteiger partial charge is 0.392 e. The topological polar surface area (TPSA) is 38.7 Å². The molecule has 0 saturated heterocycles. The number of alkyl halides is 3. The lowest BCUT2D eigenvalue weighted by molar-refractivity contribution is -0.139. The molecule has 1 rings (SSSR count). The third-order valence-electron chi connectivity index (χ3n) is 2.10. The van der Waals surface area contributed by atoms with Gasteiger partial charge in [0.2, 0.25) is 0 Å². The molecule has 0 fully saturated rings. The highest BCUT2D eigenvalue weighted by Gasteiger charge is 2.27. The summed E-state index contributed by atoms with van der Waals surface area (Å²) < 4.78 is 45.9. The quantitative estimate of drug-likeness (QED) is 0.902. The Kier molecular flexibility index (Phi) is 5.10. The number of methoxy groups -OCH3 is 1. The summed E-state index contributed by atoms with van der Waals surface area (Å²) in [5.74, 6) is 0.231. The van der Waals surface area contributed by atoms with Gasteiger partial charge < -0.3 is 14.6 Å². The van der Waals surface area contributed by atoms with Crippen molar-refractivity contribution in [3.8, 4) is 11.5 Å². The average Bonchev–Trinajstić information content (AvgIpc) is 2.29. The van der Waals surface area contributed by atoms with Crippen LogP contribution in [0.5, 0.6) is 11.5 Å². The van der Waals surface area contributed by atoms with Crippen molar-refractivity contribution < 1.29 is 27.8 Å². The van der Waals surface area contributed by atoms with Crippen LogP contribution in [0.4, 0.5) is 13.2 Å². The maximum absolute atomic E-state index is 12.0. The first-order valence-corrected chi connectivity index (χ1v) is 5.42. The van der Waals surface area contributed by atoms with E-state index in [9.17, 15) is 13.2 Å². The van der Waals surface area contributed by atoms with E-state index in [0.717, 1.165) is 0 Å². The highest BCUT2D eigenvalue weighted by molar-refractivity contribution is 6.32. The van der Waals surface area contributed by atoms with Gasteiger partial charge in [0.25, 0.3) is 0 Å². The Labute approximate surface area is 107 Å². The number of aliphatic hydroxyl groups excluding tert-OH is 1. The van der Waals surface area contributed by atoms with Crippen molar-refractivity contribution in [2.45, 2.75) is 19.2 Å². The Hall–Kier alpha value is -1.14. The molecule has 7 heteroatoms. The second kappa shape index (κ2) is 6.15. The molecule has 0 aliphatic rings. The van der Waals surface area contributed by atoms with E-state index in [2.05, 4.69) is 0 Å². The van der Waals surface area contributed by atoms with Crippen molar-refractivity contribution in [1.82, 2.24) is 0 Å². The van der Waals surface area contributed by atoms with E-state index in [-0.39, 0.29) is 23.1 Å². The highest BCUT2D eigenvalue weighted by atomic mass is 35.5. The van der Waals surface area contributed by atoms with Crippen LogP contribution in [0.1, 0.15) is 12.0 Å². The van der Waals surface area contributed by atoms with Crippen LogP contribution >= 0.6 is 11.6 Å². The monoisotopic (exact) mass is 284 g/mol. The summed E-state index contributed by atoms with van der Waals surface area (Å²) in [6.07, 6.45) is -5.36. The van der Waals surface area contributed by atoms with Gasteiger partial charge in [0.15, 0.2) is 11.5 Å². The minimum absolute atomic E-state index is 0.0422. The molecule has 0 heterocycles. The predicted octanol–water partition coefficient (Wildman–Crippen LogP) is 3.17. The third kappa shape index (κ3) is 4.27. The van der Waals surface area contributed by atoms with E-state index < -0.39 is 19.2 Å². The molecule has 0 radical (unpaired) electrons. The Morgan fingerprint density at radius 3 is 2.50 bits per heavy atom. The van der Waals surface area contributed by atoms with Crippen LogP contribution in [0, 0.1) is 0 Å². The SMILES string of the molecule is COc1cc(CO)cc(Cl)c1OCCC(F)(F)F. The Morgan fingerprint density at radius 1 is 1.33 bits per heavy atom. The van der Waals surface area contributed by atoms with Gasteiger partial charge in [-0.2, -0.15) is 13.2 Å². The van der Waals surface area contributed by atoms with Gasteiger partial charge in [-0.1, -0.05) is 11.6 Å². The van der Waals surface area contributed by atoms with Gasteiger partial charge in [0.05, 0.1) is 31.8 Å². The number of rotatable bonds is 5. The van der Waals surface area contributed by atoms with Gasteiger partial charge >= 0.3 is 6.18 Å². The van der Waals surface area contributed by atoms with Gasteiger partial charge in [0.1, 0.15) is 0 Å². The fourth-order valence-electron chi connectivity index (χ4n) is 1.27. The van der Waals surface area contributed by atoms with Crippen LogP contribution in [0.25, 0.3) is 0 Å². The Morgan fingerprint density at radius 2 is 2.00 bits per heavy atom. The zero-order valence-corrected chi connectivity index (χ0v) is 10.3. The van der Waals surface area contributed by atoms with Crippen LogP contribution in [0.15, 0.2) is 12.1 Å². The molecule has 102 valence electrons. The molecule has 0 spiro atoms. The van der Waals surface area contributed by atoms with Crippen LogP contribution in [0.3, 0.4) is 0 Å². The molecular formula is C11H12ClF3O3. The Balaban J connectivity index is 2.81. The van der Waals surface area contributed by atoms with Gasteiger partial charge in [-0.15, -0.1) is 0 Å². The van der Waals surface area contributed by atoms with E-state index in [0.29, 0.717) is 5.56 Å². The Bertz CT molecular complexity index is 407. The molecule has 0 atom stereocenters. The maximum atomic E-state index is 12.0. The van der Waals surface area contributed by atoms with E-state index in [1.807, 2.05) is 0 Å². The van der Waals surface area contributed by atoms with E-state index in [1.54, 1.807) is 0 Å². The maximum Gasteiger partial charge on any atom is 0.392 e. The zero-order valence-electron chi connectivity index (χ0n) is 9.55. The molecule has 1 aromatic rings. The standard InChI is InChI=1S/C11H12ClF3O3/c1-17-9-5-7(6-16)4-8(12)10(9)18-3-2-11(13,14)15/h4-5,16H,2-3,6H2,1H3. The zero-order chi connectivity index (χ0) is 13.8. The molecule has 3 nitrogen and oxygen atoms in total. The second-order valence-electron chi connectivity index (χ2n) is 3.48. The lowest BCUT2D eigenvalue weighted by Gasteiger charge is -2.14. The van der Waals surface area contributed by atoms with Crippen molar-refractivity contribution in [2.75, 3.05) is 13.7 Å². The predicted molar refractivity (Wildman–Crippen MR) is 60.1 cm³/mol. The lowest BCUT2D eigenvalue weighted by Crippen LogP contribution is -2.13. The van der Waals surface area contributed by atoms with Crippen molar-refractivity contribution >= 4 is 11.6 Å². The van der Waals surface area contributed by atoms with E-state index in [1.165, 1.54) is 19.2 Å². The van der Waals surface area contributed by atoms with Crippen LogP contribution in [-0.2, 0) is 6.61 Å². The van der Waals surface area contributed by atoms with Crippen molar-refractivity contribution in [1.29, 1.82) is 0 Å². The molecule has 1 N–H and O–H groups in total. The molecule has 0 aromatic heterocycles. The number of aliphatic hydroxyl groups is 1. The fourth-order valence-corrected chi connectivity index (χ4v) is 1.56. The molecule has 1 aromatic carbocycles. The first kappa shape index (κ1) is 14.9. The summed E-state index contributed by atoms with van der Waals surface area (Å²) in [5, 5.41) is 9.05. The average molecular weight is 285 g/mol. The number of hydrogen-bond acceptors (Lipinski definition) is 3. The summed E-state index contributed by atoms with van der Waals surface area (Å²) in [6.45, 7) is -0.795. The van der Waals surface area contributed by atoms with E-state index in [4.69, 9.17) is 26.2 Å². The van der Waals surface area contributed by atoms with Crippen molar-refractivity contribution in [3.05, 3.63) is 22.7 Å². The van der Waals surface area contributed by atoms with Crippen molar-refractivity contribution in [2.24, 2.45) is 0 Å². The number of ether oxygens (including phenoxy) is 2. The molecule has 0 saturated carbocycles. The summed E-state index contributed by atoms with van der Waals surface area (Å²) in [6, 6.07) is 2.86. The molecule has 0 bridgehead atoms. The highest BCUT2D eigenvalue weighted by Crippen LogP contribution is 2.37. The van der Waals surface area contributed by atoms with Crippen LogP contribution < -0.4 is 9.47 Å². The lowest BCUT2D eigenvalue weighted by atomic mass is 10.2.